The normalized spacial score (nSPS) is 11.7. The third kappa shape index (κ3) is 5.05. The molecule has 1 heterocycles. The maximum absolute atomic E-state index is 12.0. The highest BCUT2D eigenvalue weighted by atomic mass is 16.5. The Morgan fingerprint density at radius 1 is 1.29 bits per heavy atom. The summed E-state index contributed by atoms with van der Waals surface area (Å²) in [6, 6.07) is -0.191. The Morgan fingerprint density at radius 3 is 2.52 bits per heavy atom. The highest BCUT2D eigenvalue weighted by Gasteiger charge is 2.18. The van der Waals surface area contributed by atoms with E-state index in [2.05, 4.69) is 25.6 Å². The molecule has 0 saturated heterocycles. The molecule has 8 nitrogen and oxygen atoms in total. The van der Waals surface area contributed by atoms with E-state index in [0.29, 0.717) is 25.0 Å². The summed E-state index contributed by atoms with van der Waals surface area (Å²) in [5.41, 5.74) is 0. The number of nitrogens with one attached hydrogen (secondary N) is 2. The summed E-state index contributed by atoms with van der Waals surface area (Å²) >= 11 is 0. The molecule has 1 amide bonds. The molecule has 0 aliphatic rings. The number of amides is 1. The maximum Gasteiger partial charge on any atom is 0.323 e. The molecule has 1 aromatic rings. The van der Waals surface area contributed by atoms with E-state index in [1.54, 1.807) is 25.9 Å². The monoisotopic (exact) mass is 296 g/mol. The van der Waals surface area contributed by atoms with Gasteiger partial charge in [-0.25, -0.2) is 0 Å². The SMILES string of the molecule is CCCOc1nc(NC)nc(NC(C)C(=O)N(C)CC)n1. The molecule has 0 aliphatic heterocycles. The number of ether oxygens (including phenoxy) is 1. The number of hydrogen-bond donors (Lipinski definition) is 2. The fourth-order valence-electron chi connectivity index (χ4n) is 1.53. The Kier molecular flexibility index (Phi) is 6.64. The van der Waals surface area contributed by atoms with Crippen LogP contribution in [0.15, 0.2) is 0 Å². The minimum absolute atomic E-state index is 0.0278. The first-order valence-electron chi connectivity index (χ1n) is 7.09. The van der Waals surface area contributed by atoms with E-state index in [0.717, 1.165) is 6.42 Å². The molecule has 0 saturated carbocycles. The number of anilines is 2. The van der Waals surface area contributed by atoms with Gasteiger partial charge in [0.25, 0.3) is 0 Å². The molecule has 1 rings (SSSR count). The van der Waals surface area contributed by atoms with Crippen LogP contribution in [-0.4, -0.2) is 59.0 Å². The van der Waals surface area contributed by atoms with E-state index < -0.39 is 6.04 Å². The predicted molar refractivity (Wildman–Crippen MR) is 81.6 cm³/mol. The zero-order valence-electron chi connectivity index (χ0n) is 13.3. The molecular weight excluding hydrogens is 272 g/mol. The molecule has 0 radical (unpaired) electrons. The van der Waals surface area contributed by atoms with Crippen LogP contribution in [0.4, 0.5) is 11.9 Å². The second kappa shape index (κ2) is 8.23. The zero-order chi connectivity index (χ0) is 15.8. The largest absolute Gasteiger partial charge is 0.463 e. The quantitative estimate of drug-likeness (QED) is 0.738. The van der Waals surface area contributed by atoms with Crippen molar-refractivity contribution in [3.63, 3.8) is 0 Å². The fourth-order valence-corrected chi connectivity index (χ4v) is 1.53. The molecule has 1 atom stereocenters. The summed E-state index contributed by atoms with van der Waals surface area (Å²) < 4.78 is 5.41. The van der Waals surface area contributed by atoms with Crippen LogP contribution in [0.3, 0.4) is 0 Å². The molecule has 0 aromatic carbocycles. The minimum Gasteiger partial charge on any atom is -0.463 e. The number of likely N-dealkylation sites (N-methyl/N-ethyl adjacent to an activating group) is 1. The van der Waals surface area contributed by atoms with Gasteiger partial charge in [0.05, 0.1) is 6.61 Å². The summed E-state index contributed by atoms with van der Waals surface area (Å²) in [7, 11) is 3.46. The van der Waals surface area contributed by atoms with E-state index in [-0.39, 0.29) is 11.9 Å². The van der Waals surface area contributed by atoms with Crippen LogP contribution in [0, 0.1) is 0 Å². The molecule has 2 N–H and O–H groups in total. The first kappa shape index (κ1) is 16.9. The molecule has 1 aromatic heterocycles. The van der Waals surface area contributed by atoms with Crippen molar-refractivity contribution >= 4 is 17.8 Å². The number of rotatable bonds is 8. The van der Waals surface area contributed by atoms with Gasteiger partial charge in [0.15, 0.2) is 0 Å². The topological polar surface area (TPSA) is 92.3 Å². The second-order valence-electron chi connectivity index (χ2n) is 4.58. The molecule has 0 spiro atoms. The predicted octanol–water partition coefficient (Wildman–Crippen LogP) is 0.981. The summed E-state index contributed by atoms with van der Waals surface area (Å²) in [5, 5.41) is 5.82. The van der Waals surface area contributed by atoms with Crippen LogP contribution in [0.5, 0.6) is 6.01 Å². The van der Waals surface area contributed by atoms with E-state index in [1.807, 2.05) is 13.8 Å². The smallest absolute Gasteiger partial charge is 0.323 e. The number of hydrogen-bond acceptors (Lipinski definition) is 7. The number of carbonyl (C=O) groups excluding carboxylic acids is 1. The van der Waals surface area contributed by atoms with Gasteiger partial charge in [-0.05, 0) is 20.3 Å². The first-order valence-corrected chi connectivity index (χ1v) is 7.09. The number of carbonyl (C=O) groups is 1. The molecule has 0 bridgehead atoms. The molecule has 8 heteroatoms. The minimum atomic E-state index is -0.430. The van der Waals surface area contributed by atoms with Gasteiger partial charge in [0.2, 0.25) is 17.8 Å². The third-order valence-corrected chi connectivity index (χ3v) is 2.84. The van der Waals surface area contributed by atoms with Crippen molar-refractivity contribution in [1.82, 2.24) is 19.9 Å². The van der Waals surface area contributed by atoms with Crippen molar-refractivity contribution in [2.45, 2.75) is 33.2 Å². The third-order valence-electron chi connectivity index (χ3n) is 2.84. The Hall–Kier alpha value is -2.12. The van der Waals surface area contributed by atoms with Crippen LogP contribution < -0.4 is 15.4 Å². The van der Waals surface area contributed by atoms with Gasteiger partial charge in [-0.1, -0.05) is 6.92 Å². The zero-order valence-corrected chi connectivity index (χ0v) is 13.3. The second-order valence-corrected chi connectivity index (χ2v) is 4.58. The van der Waals surface area contributed by atoms with Crippen molar-refractivity contribution in [3.8, 4) is 6.01 Å². The van der Waals surface area contributed by atoms with E-state index in [4.69, 9.17) is 4.74 Å². The van der Waals surface area contributed by atoms with Gasteiger partial charge in [-0.3, -0.25) is 4.79 Å². The highest BCUT2D eigenvalue weighted by Crippen LogP contribution is 2.12. The van der Waals surface area contributed by atoms with Crippen molar-refractivity contribution in [2.75, 3.05) is 37.9 Å². The molecule has 21 heavy (non-hydrogen) atoms. The fraction of sp³-hybridized carbons (Fsp3) is 0.692. The van der Waals surface area contributed by atoms with Gasteiger partial charge < -0.3 is 20.3 Å². The maximum atomic E-state index is 12.0. The van der Waals surface area contributed by atoms with Crippen molar-refractivity contribution in [3.05, 3.63) is 0 Å². The van der Waals surface area contributed by atoms with Crippen molar-refractivity contribution < 1.29 is 9.53 Å². The van der Waals surface area contributed by atoms with Crippen LogP contribution in [0.2, 0.25) is 0 Å². The van der Waals surface area contributed by atoms with Crippen molar-refractivity contribution in [1.29, 1.82) is 0 Å². The Balaban J connectivity index is 2.83. The molecule has 118 valence electrons. The van der Waals surface area contributed by atoms with Gasteiger partial charge in [-0.15, -0.1) is 0 Å². The van der Waals surface area contributed by atoms with E-state index in [1.165, 1.54) is 0 Å². The van der Waals surface area contributed by atoms with Gasteiger partial charge in [0.1, 0.15) is 6.04 Å². The summed E-state index contributed by atoms with van der Waals surface area (Å²) in [5.74, 6) is 0.674. The standard InChI is InChI=1S/C13H24N6O2/c1-6-8-21-13-17-11(14-4)16-12(18-13)15-9(3)10(20)19(5)7-2/h9H,6-8H2,1-5H3,(H2,14,15,16,17,18). The molecule has 0 aliphatic carbocycles. The van der Waals surface area contributed by atoms with Crippen molar-refractivity contribution in [2.24, 2.45) is 0 Å². The molecule has 1 unspecified atom stereocenters. The van der Waals surface area contributed by atoms with Gasteiger partial charge in [-0.2, -0.15) is 15.0 Å². The summed E-state index contributed by atoms with van der Waals surface area (Å²) in [6.45, 7) is 6.86. The lowest BCUT2D eigenvalue weighted by atomic mass is 10.3. The van der Waals surface area contributed by atoms with Crippen LogP contribution >= 0.6 is 0 Å². The Morgan fingerprint density at radius 2 is 1.95 bits per heavy atom. The van der Waals surface area contributed by atoms with Crippen LogP contribution in [-0.2, 0) is 4.79 Å². The summed E-state index contributed by atoms with van der Waals surface area (Å²) in [4.78, 5) is 26.1. The Bertz CT molecular complexity index is 468. The lowest BCUT2D eigenvalue weighted by Gasteiger charge is -2.20. The van der Waals surface area contributed by atoms with Gasteiger partial charge >= 0.3 is 6.01 Å². The van der Waals surface area contributed by atoms with E-state index in [9.17, 15) is 4.79 Å². The average Bonchev–Trinajstić information content (AvgIpc) is 2.50. The van der Waals surface area contributed by atoms with Gasteiger partial charge in [0, 0.05) is 20.6 Å². The van der Waals surface area contributed by atoms with Crippen LogP contribution in [0.25, 0.3) is 0 Å². The lowest BCUT2D eigenvalue weighted by Crippen LogP contribution is -2.39. The first-order chi connectivity index (χ1) is 10.0. The average molecular weight is 296 g/mol. The Labute approximate surface area is 125 Å². The summed E-state index contributed by atoms with van der Waals surface area (Å²) in [6.07, 6.45) is 0.861. The molecule has 0 fully saturated rings. The highest BCUT2D eigenvalue weighted by molar-refractivity contribution is 5.83. The number of aromatic nitrogens is 3. The lowest BCUT2D eigenvalue weighted by molar-refractivity contribution is -0.130. The number of nitrogens with zero attached hydrogens (tertiary/aromatic N) is 4. The van der Waals surface area contributed by atoms with Crippen LogP contribution in [0.1, 0.15) is 27.2 Å². The molecular formula is C13H24N6O2. The van der Waals surface area contributed by atoms with E-state index >= 15 is 0 Å².